The van der Waals surface area contributed by atoms with E-state index in [9.17, 15) is 4.79 Å². The Morgan fingerprint density at radius 1 is 1.33 bits per heavy atom. The summed E-state index contributed by atoms with van der Waals surface area (Å²) in [7, 11) is 0. The molecule has 1 nitrogen and oxygen atoms in total. The molecule has 0 fully saturated rings. The predicted molar refractivity (Wildman–Crippen MR) is 64.8 cm³/mol. The van der Waals surface area contributed by atoms with E-state index in [0.29, 0.717) is 11.7 Å². The van der Waals surface area contributed by atoms with Gasteiger partial charge in [-0.15, -0.1) is 0 Å². The summed E-state index contributed by atoms with van der Waals surface area (Å²) in [6, 6.07) is 0. The molecule has 86 valence electrons. The van der Waals surface area contributed by atoms with Gasteiger partial charge in [0.1, 0.15) is 0 Å². The molecule has 0 spiro atoms. The highest BCUT2D eigenvalue weighted by molar-refractivity contribution is 5.92. The molecule has 0 amide bonds. The molecule has 0 heterocycles. The first-order valence-corrected chi connectivity index (χ1v) is 6.28. The van der Waals surface area contributed by atoms with Gasteiger partial charge in [0.15, 0.2) is 5.78 Å². The monoisotopic (exact) mass is 208 g/mol. The number of ketones is 1. The molecule has 0 aliphatic heterocycles. The second kappa shape index (κ2) is 5.48. The number of rotatable bonds is 5. The third-order valence-electron chi connectivity index (χ3n) is 3.28. The molecule has 0 saturated heterocycles. The van der Waals surface area contributed by atoms with E-state index in [4.69, 9.17) is 0 Å². The average molecular weight is 208 g/mol. The van der Waals surface area contributed by atoms with Crippen LogP contribution >= 0.6 is 0 Å². The van der Waals surface area contributed by atoms with E-state index in [1.165, 1.54) is 25.7 Å². The van der Waals surface area contributed by atoms with Gasteiger partial charge in [-0.3, -0.25) is 4.79 Å². The smallest absolute Gasteiger partial charge is 0.158 e. The lowest BCUT2D eigenvalue weighted by molar-refractivity contribution is -0.119. The third kappa shape index (κ3) is 4.19. The highest BCUT2D eigenvalue weighted by atomic mass is 16.1. The number of hydrogen-bond acceptors (Lipinski definition) is 1. The Morgan fingerprint density at radius 2 is 2.07 bits per heavy atom. The van der Waals surface area contributed by atoms with Crippen LogP contribution < -0.4 is 0 Å². The van der Waals surface area contributed by atoms with Crippen LogP contribution in [0.4, 0.5) is 0 Å². The van der Waals surface area contributed by atoms with Crippen LogP contribution in [0.5, 0.6) is 0 Å². The van der Waals surface area contributed by atoms with Gasteiger partial charge in [-0.1, -0.05) is 52.5 Å². The van der Waals surface area contributed by atoms with Crippen molar-refractivity contribution in [3.8, 4) is 0 Å². The Morgan fingerprint density at radius 3 is 2.73 bits per heavy atom. The van der Waals surface area contributed by atoms with E-state index in [1.54, 1.807) is 6.08 Å². The summed E-state index contributed by atoms with van der Waals surface area (Å²) in [6.07, 6.45) is 11.1. The number of unbranched alkanes of at least 4 members (excludes halogenated alkanes) is 3. The van der Waals surface area contributed by atoms with E-state index in [0.717, 1.165) is 12.8 Å². The molecule has 0 radical (unpaired) electrons. The minimum absolute atomic E-state index is 0.226. The molecule has 0 bridgehead atoms. The number of carbonyl (C=O) groups is 1. The van der Waals surface area contributed by atoms with E-state index < -0.39 is 0 Å². The van der Waals surface area contributed by atoms with Crippen molar-refractivity contribution in [3.05, 3.63) is 12.2 Å². The molecule has 1 atom stereocenters. The largest absolute Gasteiger partial charge is 0.295 e. The van der Waals surface area contributed by atoms with Gasteiger partial charge in [0.05, 0.1) is 0 Å². The first-order valence-electron chi connectivity index (χ1n) is 6.28. The van der Waals surface area contributed by atoms with Crippen molar-refractivity contribution in [2.45, 2.75) is 59.3 Å². The topological polar surface area (TPSA) is 17.1 Å². The minimum atomic E-state index is 0.226. The first-order chi connectivity index (χ1) is 7.05. The normalized spacial score (nSPS) is 24.5. The molecule has 1 aliphatic rings. The van der Waals surface area contributed by atoms with Crippen LogP contribution in [0.3, 0.4) is 0 Å². The molecule has 1 rings (SSSR count). The Balaban J connectivity index is 2.35. The van der Waals surface area contributed by atoms with Gasteiger partial charge >= 0.3 is 0 Å². The fourth-order valence-corrected chi connectivity index (χ4v) is 2.31. The second-order valence-electron chi connectivity index (χ2n) is 5.47. The molecule has 0 aromatic heterocycles. The SMILES string of the molecule is CCCCCCC1CC(C)(C)C=CC1=O. The van der Waals surface area contributed by atoms with Crippen LogP contribution in [0.1, 0.15) is 59.3 Å². The summed E-state index contributed by atoms with van der Waals surface area (Å²) in [6.45, 7) is 6.65. The summed E-state index contributed by atoms with van der Waals surface area (Å²) < 4.78 is 0. The van der Waals surface area contributed by atoms with Crippen LogP contribution in [0.2, 0.25) is 0 Å². The lowest BCUT2D eigenvalue weighted by Crippen LogP contribution is -2.25. The highest BCUT2D eigenvalue weighted by Gasteiger charge is 2.28. The number of allylic oxidation sites excluding steroid dienone is 2. The molecule has 1 aliphatic carbocycles. The minimum Gasteiger partial charge on any atom is -0.295 e. The van der Waals surface area contributed by atoms with E-state index in [1.807, 2.05) is 0 Å². The molecular formula is C14H24O. The Labute approximate surface area is 93.9 Å². The Bertz CT molecular complexity index is 238. The second-order valence-corrected chi connectivity index (χ2v) is 5.47. The van der Waals surface area contributed by atoms with Crippen molar-refractivity contribution >= 4 is 5.78 Å². The van der Waals surface area contributed by atoms with Crippen molar-refractivity contribution in [2.24, 2.45) is 11.3 Å². The molecular weight excluding hydrogens is 184 g/mol. The van der Waals surface area contributed by atoms with E-state index in [2.05, 4.69) is 26.8 Å². The van der Waals surface area contributed by atoms with Crippen LogP contribution in [0, 0.1) is 11.3 Å². The highest BCUT2D eigenvalue weighted by Crippen LogP contribution is 2.34. The Hall–Kier alpha value is -0.590. The molecule has 1 unspecified atom stereocenters. The molecule has 0 saturated carbocycles. The summed E-state index contributed by atoms with van der Waals surface area (Å²) >= 11 is 0. The van der Waals surface area contributed by atoms with E-state index in [-0.39, 0.29) is 5.41 Å². The van der Waals surface area contributed by atoms with Crippen LogP contribution in [0.25, 0.3) is 0 Å². The zero-order valence-electron chi connectivity index (χ0n) is 10.4. The van der Waals surface area contributed by atoms with Crippen LogP contribution in [-0.4, -0.2) is 5.78 Å². The van der Waals surface area contributed by atoms with Gasteiger partial charge in [-0.25, -0.2) is 0 Å². The molecule has 1 heteroatoms. The van der Waals surface area contributed by atoms with Gasteiger partial charge in [-0.2, -0.15) is 0 Å². The maximum atomic E-state index is 11.7. The summed E-state index contributed by atoms with van der Waals surface area (Å²) in [4.78, 5) is 11.7. The lowest BCUT2D eigenvalue weighted by Gasteiger charge is -2.29. The third-order valence-corrected chi connectivity index (χ3v) is 3.28. The number of hydrogen-bond donors (Lipinski definition) is 0. The van der Waals surface area contributed by atoms with Gasteiger partial charge in [-0.05, 0) is 24.3 Å². The zero-order chi connectivity index (χ0) is 11.3. The van der Waals surface area contributed by atoms with Crippen molar-refractivity contribution in [1.82, 2.24) is 0 Å². The fourth-order valence-electron chi connectivity index (χ4n) is 2.31. The van der Waals surface area contributed by atoms with Gasteiger partial charge < -0.3 is 0 Å². The number of carbonyl (C=O) groups excluding carboxylic acids is 1. The van der Waals surface area contributed by atoms with Gasteiger partial charge in [0, 0.05) is 5.92 Å². The zero-order valence-corrected chi connectivity index (χ0v) is 10.4. The van der Waals surface area contributed by atoms with E-state index >= 15 is 0 Å². The fraction of sp³-hybridized carbons (Fsp3) is 0.786. The van der Waals surface area contributed by atoms with Gasteiger partial charge in [0.25, 0.3) is 0 Å². The van der Waals surface area contributed by atoms with Crippen molar-refractivity contribution in [3.63, 3.8) is 0 Å². The lowest BCUT2D eigenvalue weighted by atomic mass is 9.75. The van der Waals surface area contributed by atoms with Crippen molar-refractivity contribution < 1.29 is 4.79 Å². The molecule has 15 heavy (non-hydrogen) atoms. The quantitative estimate of drug-likeness (QED) is 0.621. The molecule has 0 aromatic carbocycles. The van der Waals surface area contributed by atoms with Crippen LogP contribution in [-0.2, 0) is 4.79 Å². The van der Waals surface area contributed by atoms with Crippen molar-refractivity contribution in [2.75, 3.05) is 0 Å². The van der Waals surface area contributed by atoms with Crippen molar-refractivity contribution in [1.29, 1.82) is 0 Å². The molecule has 0 N–H and O–H groups in total. The average Bonchev–Trinajstić information content (AvgIpc) is 2.18. The maximum absolute atomic E-state index is 11.7. The predicted octanol–water partition coefficient (Wildman–Crippen LogP) is 4.13. The van der Waals surface area contributed by atoms with Gasteiger partial charge in [0.2, 0.25) is 0 Å². The standard InChI is InChI=1S/C14H24O/c1-4-5-6-7-8-12-11-14(2,3)10-9-13(12)15/h9-10,12H,4-8,11H2,1-3H3. The summed E-state index contributed by atoms with van der Waals surface area (Å²) in [5, 5.41) is 0. The molecule has 0 aromatic rings. The summed E-state index contributed by atoms with van der Waals surface area (Å²) in [5.41, 5.74) is 0.226. The maximum Gasteiger partial charge on any atom is 0.158 e. The summed E-state index contributed by atoms with van der Waals surface area (Å²) in [5.74, 6) is 0.646. The Kier molecular flexibility index (Phi) is 4.56. The first kappa shape index (κ1) is 12.5. The van der Waals surface area contributed by atoms with Crippen LogP contribution in [0.15, 0.2) is 12.2 Å².